The van der Waals surface area contributed by atoms with Gasteiger partial charge in [-0.3, -0.25) is 0 Å². The van der Waals surface area contributed by atoms with E-state index < -0.39 is 0 Å². The minimum absolute atomic E-state index is 0.342. The van der Waals surface area contributed by atoms with Crippen LogP contribution in [0.3, 0.4) is 0 Å². The minimum atomic E-state index is -0.342. The molecule has 3 nitrogen and oxygen atoms in total. The van der Waals surface area contributed by atoms with Crippen molar-refractivity contribution >= 4 is 17.9 Å². The van der Waals surface area contributed by atoms with Crippen LogP contribution in [0.5, 0.6) is 0 Å². The zero-order chi connectivity index (χ0) is 13.7. The normalized spacial score (nSPS) is 23.5. The predicted octanol–water partition coefficient (Wildman–Crippen LogP) is 2.77. The van der Waals surface area contributed by atoms with Gasteiger partial charge >= 0.3 is 0 Å². The van der Waals surface area contributed by atoms with E-state index in [-0.39, 0.29) is 5.41 Å². The molecule has 0 radical (unpaired) electrons. The lowest BCUT2D eigenvalue weighted by Gasteiger charge is -2.35. The molecule has 0 aromatic heterocycles. The van der Waals surface area contributed by atoms with Crippen molar-refractivity contribution in [3.8, 4) is 0 Å². The highest BCUT2D eigenvalue weighted by molar-refractivity contribution is 6.30. The molecule has 1 fully saturated rings. The van der Waals surface area contributed by atoms with Crippen LogP contribution in [0.2, 0.25) is 5.02 Å². The second kappa shape index (κ2) is 6.51. The van der Waals surface area contributed by atoms with Crippen molar-refractivity contribution in [3.05, 3.63) is 34.9 Å². The molecule has 0 spiro atoms. The van der Waals surface area contributed by atoms with E-state index in [4.69, 9.17) is 16.3 Å². The Kier molecular flexibility index (Phi) is 4.97. The molecule has 104 valence electrons. The van der Waals surface area contributed by atoms with Gasteiger partial charge in [0.2, 0.25) is 0 Å². The van der Waals surface area contributed by atoms with Gasteiger partial charge in [-0.1, -0.05) is 23.7 Å². The Bertz CT molecular complexity index is 430. The van der Waals surface area contributed by atoms with Crippen LogP contribution >= 0.6 is 11.6 Å². The molecule has 0 amide bonds. The molecule has 19 heavy (non-hydrogen) atoms. The molecule has 2 rings (SSSR count). The number of carbonyl (C=O) groups is 1. The Morgan fingerprint density at radius 2 is 2.37 bits per heavy atom. The Hall–Kier alpha value is -0.900. The average Bonchev–Trinajstić information content (AvgIpc) is 2.39. The number of aldehydes is 1. The van der Waals surface area contributed by atoms with E-state index in [1.807, 2.05) is 31.3 Å². The summed E-state index contributed by atoms with van der Waals surface area (Å²) < 4.78 is 5.47. The Morgan fingerprint density at radius 3 is 3.00 bits per heavy atom. The lowest BCUT2D eigenvalue weighted by atomic mass is 9.83. The lowest BCUT2D eigenvalue weighted by molar-refractivity contribution is -0.125. The first-order valence-electron chi connectivity index (χ1n) is 6.61. The van der Waals surface area contributed by atoms with Crippen molar-refractivity contribution in [1.82, 2.24) is 4.90 Å². The highest BCUT2D eigenvalue weighted by Crippen LogP contribution is 2.27. The van der Waals surface area contributed by atoms with Crippen molar-refractivity contribution in [2.45, 2.75) is 19.4 Å². The van der Waals surface area contributed by atoms with Gasteiger partial charge in [-0.05, 0) is 37.6 Å². The minimum Gasteiger partial charge on any atom is -0.380 e. The zero-order valence-electron chi connectivity index (χ0n) is 11.3. The summed E-state index contributed by atoms with van der Waals surface area (Å²) in [5, 5.41) is 0.747. The third-order valence-electron chi connectivity index (χ3n) is 3.53. The van der Waals surface area contributed by atoms with E-state index in [1.54, 1.807) is 0 Å². The molecule has 0 N–H and O–H groups in total. The smallest absolute Gasteiger partial charge is 0.129 e. The van der Waals surface area contributed by atoms with Crippen molar-refractivity contribution in [1.29, 1.82) is 0 Å². The first-order valence-corrected chi connectivity index (χ1v) is 6.98. The first-order chi connectivity index (χ1) is 9.13. The largest absolute Gasteiger partial charge is 0.380 e. The standard InChI is InChI=1S/C15H20ClNO2/c1-17(9-13-4-2-5-14(16)8-13)10-15(11-18)6-3-7-19-12-15/h2,4-5,8,11H,3,6-7,9-10,12H2,1H3. The zero-order valence-corrected chi connectivity index (χ0v) is 12.0. The van der Waals surface area contributed by atoms with Crippen molar-refractivity contribution in [2.75, 3.05) is 26.8 Å². The number of carbonyl (C=O) groups excluding carboxylic acids is 1. The fraction of sp³-hybridized carbons (Fsp3) is 0.533. The van der Waals surface area contributed by atoms with Gasteiger partial charge in [0.15, 0.2) is 0 Å². The summed E-state index contributed by atoms with van der Waals surface area (Å²) in [6, 6.07) is 7.83. The SMILES string of the molecule is CN(Cc1cccc(Cl)c1)CC1(C=O)CCCOC1. The van der Waals surface area contributed by atoms with Gasteiger partial charge in [0, 0.05) is 24.7 Å². The van der Waals surface area contributed by atoms with Crippen molar-refractivity contribution in [3.63, 3.8) is 0 Å². The number of halogens is 1. The van der Waals surface area contributed by atoms with Crippen LogP contribution in [0.15, 0.2) is 24.3 Å². The molecule has 0 saturated carbocycles. The van der Waals surface area contributed by atoms with E-state index in [0.717, 1.165) is 49.4 Å². The maximum absolute atomic E-state index is 11.4. The van der Waals surface area contributed by atoms with Gasteiger partial charge in [0.1, 0.15) is 6.29 Å². The van der Waals surface area contributed by atoms with Gasteiger partial charge in [-0.15, -0.1) is 0 Å². The molecule has 4 heteroatoms. The topological polar surface area (TPSA) is 29.5 Å². The Labute approximate surface area is 119 Å². The highest BCUT2D eigenvalue weighted by atomic mass is 35.5. The number of hydrogen-bond donors (Lipinski definition) is 0. The summed E-state index contributed by atoms with van der Waals surface area (Å²) in [6.45, 7) is 2.82. The van der Waals surface area contributed by atoms with Gasteiger partial charge in [0.05, 0.1) is 12.0 Å². The summed E-state index contributed by atoms with van der Waals surface area (Å²) in [4.78, 5) is 13.6. The fourth-order valence-corrected chi connectivity index (χ4v) is 2.88. The summed E-state index contributed by atoms with van der Waals surface area (Å²) in [7, 11) is 2.03. The molecule has 1 atom stereocenters. The predicted molar refractivity (Wildman–Crippen MR) is 76.3 cm³/mol. The average molecular weight is 282 g/mol. The maximum Gasteiger partial charge on any atom is 0.129 e. The summed E-state index contributed by atoms with van der Waals surface area (Å²) in [5.74, 6) is 0. The van der Waals surface area contributed by atoms with Crippen LogP contribution in [0.1, 0.15) is 18.4 Å². The van der Waals surface area contributed by atoms with Crippen molar-refractivity contribution in [2.24, 2.45) is 5.41 Å². The summed E-state index contributed by atoms with van der Waals surface area (Å²) in [5.41, 5.74) is 0.818. The molecule has 0 bridgehead atoms. The molecular weight excluding hydrogens is 262 g/mol. The maximum atomic E-state index is 11.4. The van der Waals surface area contributed by atoms with Crippen LogP contribution in [-0.2, 0) is 16.1 Å². The number of nitrogens with zero attached hydrogens (tertiary/aromatic N) is 1. The van der Waals surface area contributed by atoms with E-state index in [2.05, 4.69) is 4.90 Å². The number of rotatable bonds is 5. The van der Waals surface area contributed by atoms with Gasteiger partial charge < -0.3 is 14.4 Å². The van der Waals surface area contributed by atoms with Crippen LogP contribution in [0.25, 0.3) is 0 Å². The first kappa shape index (κ1) is 14.5. The van der Waals surface area contributed by atoms with Crippen LogP contribution in [0.4, 0.5) is 0 Å². The third kappa shape index (κ3) is 4.03. The van der Waals surface area contributed by atoms with Gasteiger partial charge in [-0.25, -0.2) is 0 Å². The molecule has 1 aliphatic heterocycles. The molecule has 1 aromatic rings. The van der Waals surface area contributed by atoms with Crippen LogP contribution in [-0.4, -0.2) is 38.0 Å². The quantitative estimate of drug-likeness (QED) is 0.777. The Balaban J connectivity index is 1.96. The summed E-state index contributed by atoms with van der Waals surface area (Å²) >= 11 is 5.98. The van der Waals surface area contributed by atoms with E-state index >= 15 is 0 Å². The number of hydrogen-bond acceptors (Lipinski definition) is 3. The fourth-order valence-electron chi connectivity index (χ4n) is 2.67. The van der Waals surface area contributed by atoms with E-state index in [1.165, 1.54) is 0 Å². The molecule has 1 aromatic carbocycles. The van der Waals surface area contributed by atoms with E-state index in [9.17, 15) is 4.79 Å². The molecule has 1 saturated heterocycles. The number of benzene rings is 1. The monoisotopic (exact) mass is 281 g/mol. The highest BCUT2D eigenvalue weighted by Gasteiger charge is 2.33. The van der Waals surface area contributed by atoms with Gasteiger partial charge in [0.25, 0.3) is 0 Å². The second-order valence-electron chi connectivity index (χ2n) is 5.44. The molecule has 1 heterocycles. The summed E-state index contributed by atoms with van der Waals surface area (Å²) in [6.07, 6.45) is 2.95. The number of ether oxygens (including phenoxy) is 1. The van der Waals surface area contributed by atoms with E-state index in [0.29, 0.717) is 6.61 Å². The lowest BCUT2D eigenvalue weighted by Crippen LogP contribution is -2.42. The van der Waals surface area contributed by atoms with Crippen molar-refractivity contribution < 1.29 is 9.53 Å². The van der Waals surface area contributed by atoms with Crippen LogP contribution in [0, 0.1) is 5.41 Å². The third-order valence-corrected chi connectivity index (χ3v) is 3.76. The van der Waals surface area contributed by atoms with Crippen LogP contribution < -0.4 is 0 Å². The molecule has 1 unspecified atom stereocenters. The Morgan fingerprint density at radius 1 is 1.53 bits per heavy atom. The molecule has 0 aliphatic carbocycles. The molecule has 1 aliphatic rings. The second-order valence-corrected chi connectivity index (χ2v) is 5.88. The van der Waals surface area contributed by atoms with Gasteiger partial charge in [-0.2, -0.15) is 0 Å². The molecular formula is C15H20ClNO2.